The van der Waals surface area contributed by atoms with Crippen LogP contribution in [-0.2, 0) is 33.3 Å². The van der Waals surface area contributed by atoms with Gasteiger partial charge in [0, 0.05) is 37.1 Å². The standard InChI is InChI=1S/C52H87NO9/c1-6-8-10-14-22-34-59-48(60-35-23-15-11-9-7-2)25-16-12-13-18-30-53(32-20-21-33-54)31-19-17-24-47(57)61-39-45(56)51(58)40(3)36-44-43-27-26-41-37-42(55)28-29-49(41,4)52(43)46(62-52)38-50(44,51)5/h28-29,37,40,43-44,46,48,54,58H,6-27,30-36,38-39H2,1-5H3. The predicted molar refractivity (Wildman–Crippen MR) is 244 cm³/mol. The van der Waals surface area contributed by atoms with Gasteiger partial charge in [0.05, 0.1) is 6.10 Å². The molecular formula is C52H87NO9. The molecule has 0 radical (unpaired) electrons. The van der Waals surface area contributed by atoms with Crippen LogP contribution in [0.2, 0.25) is 0 Å². The van der Waals surface area contributed by atoms with E-state index in [1.165, 1.54) is 51.4 Å². The van der Waals surface area contributed by atoms with Crippen molar-refractivity contribution in [2.45, 2.75) is 212 Å². The van der Waals surface area contributed by atoms with Gasteiger partial charge in [0.25, 0.3) is 0 Å². The molecule has 0 aromatic rings. The molecule has 0 aromatic carbocycles. The van der Waals surface area contributed by atoms with Crippen LogP contribution in [0.25, 0.3) is 0 Å². The zero-order valence-corrected chi connectivity index (χ0v) is 39.7. The average molecular weight is 870 g/mol. The van der Waals surface area contributed by atoms with E-state index in [1.807, 2.05) is 13.0 Å². The molecular weight excluding hydrogens is 783 g/mol. The fourth-order valence-electron chi connectivity index (χ4n) is 12.3. The molecule has 1 saturated heterocycles. The zero-order valence-electron chi connectivity index (χ0n) is 39.7. The average Bonchev–Trinajstić information content (AvgIpc) is 3.94. The van der Waals surface area contributed by atoms with E-state index in [-0.39, 0.29) is 54.4 Å². The monoisotopic (exact) mass is 870 g/mol. The van der Waals surface area contributed by atoms with Crippen molar-refractivity contribution in [1.82, 2.24) is 4.90 Å². The molecule has 10 heteroatoms. The number of unbranched alkanes of at least 4 members (excludes halogenated alkanes) is 13. The smallest absolute Gasteiger partial charge is 0.306 e. The molecule has 1 spiro atoms. The molecule has 0 bridgehead atoms. The predicted octanol–water partition coefficient (Wildman–Crippen LogP) is 10.0. The summed E-state index contributed by atoms with van der Waals surface area (Å²) in [5.74, 6) is -0.779. The fourth-order valence-corrected chi connectivity index (χ4v) is 12.3. The van der Waals surface area contributed by atoms with Gasteiger partial charge in [0.2, 0.25) is 5.78 Å². The number of epoxide rings is 1. The van der Waals surface area contributed by atoms with Gasteiger partial charge in [-0.05, 0) is 140 Å². The topological polar surface area (TPSA) is 135 Å². The molecule has 1 heterocycles. The minimum atomic E-state index is -1.61. The third kappa shape index (κ3) is 12.1. The second kappa shape index (κ2) is 24.5. The maximum Gasteiger partial charge on any atom is 0.306 e. The number of fused-ring (bicyclic) bond motifs is 3. The van der Waals surface area contributed by atoms with Crippen LogP contribution in [0.5, 0.6) is 0 Å². The number of esters is 1. The van der Waals surface area contributed by atoms with Gasteiger partial charge in [-0.1, -0.05) is 104 Å². The zero-order chi connectivity index (χ0) is 44.6. The third-order valence-corrected chi connectivity index (χ3v) is 16.1. The number of hydrogen-bond donors (Lipinski definition) is 2. The fraction of sp³-hybridized carbons (Fsp3) is 0.865. The van der Waals surface area contributed by atoms with E-state index in [4.69, 9.17) is 18.9 Å². The number of Topliss-reactive ketones (excluding diaryl/α,β-unsaturated/α-hetero) is 1. The van der Waals surface area contributed by atoms with Crippen molar-refractivity contribution >= 4 is 17.5 Å². The Morgan fingerprint density at radius 1 is 0.839 bits per heavy atom. The molecule has 62 heavy (non-hydrogen) atoms. The first-order valence-electron chi connectivity index (χ1n) is 25.5. The number of ether oxygens (including phenoxy) is 4. The summed E-state index contributed by atoms with van der Waals surface area (Å²) >= 11 is 0. The van der Waals surface area contributed by atoms with E-state index in [0.717, 1.165) is 115 Å². The Morgan fingerprint density at radius 2 is 1.45 bits per heavy atom. The van der Waals surface area contributed by atoms with Crippen molar-refractivity contribution in [3.63, 3.8) is 0 Å². The number of carbonyl (C=O) groups excluding carboxylic acids is 3. The molecule has 4 fully saturated rings. The van der Waals surface area contributed by atoms with Gasteiger partial charge in [-0.3, -0.25) is 14.4 Å². The Hall–Kier alpha value is -1.95. The van der Waals surface area contributed by atoms with Crippen molar-refractivity contribution in [2.75, 3.05) is 46.1 Å². The molecule has 4 aliphatic carbocycles. The quantitative estimate of drug-likeness (QED) is 0.0284. The third-order valence-electron chi connectivity index (χ3n) is 16.1. The SMILES string of the molecule is CCCCCCCOC(CCCCCCN(CCCCO)CCCCC(=O)OCC(=O)C1(O)C(C)CC2C3CCC4=CC(=O)C=CC4(C)C34OC4CC21C)OCCCCCCC. The number of ketones is 2. The first kappa shape index (κ1) is 51.0. The number of rotatable bonds is 33. The highest BCUT2D eigenvalue weighted by Crippen LogP contribution is 2.76. The van der Waals surface area contributed by atoms with Crippen LogP contribution in [0, 0.1) is 28.6 Å². The highest BCUT2D eigenvalue weighted by molar-refractivity contribution is 6.01. The lowest BCUT2D eigenvalue weighted by molar-refractivity contribution is -0.171. The van der Waals surface area contributed by atoms with E-state index >= 15 is 0 Å². The molecule has 354 valence electrons. The molecule has 3 saturated carbocycles. The Labute approximate surface area is 375 Å². The molecule has 8 atom stereocenters. The van der Waals surface area contributed by atoms with E-state index in [2.05, 4.69) is 32.6 Å². The minimum absolute atomic E-state index is 0.0331. The van der Waals surface area contributed by atoms with E-state index in [1.54, 1.807) is 12.2 Å². The Balaban J connectivity index is 1.00. The number of carbonyl (C=O) groups is 3. The van der Waals surface area contributed by atoms with E-state index < -0.39 is 35.0 Å². The van der Waals surface area contributed by atoms with Gasteiger partial charge in [-0.15, -0.1) is 0 Å². The lowest BCUT2D eigenvalue weighted by Gasteiger charge is -2.55. The van der Waals surface area contributed by atoms with Gasteiger partial charge in [0.15, 0.2) is 18.7 Å². The van der Waals surface area contributed by atoms with Crippen LogP contribution in [0.15, 0.2) is 23.8 Å². The lowest BCUT2D eigenvalue weighted by atomic mass is 9.46. The summed E-state index contributed by atoms with van der Waals surface area (Å²) in [6, 6.07) is 0. The van der Waals surface area contributed by atoms with Crippen LogP contribution in [0.1, 0.15) is 189 Å². The Bertz CT molecular complexity index is 1470. The molecule has 0 aromatic heterocycles. The summed E-state index contributed by atoms with van der Waals surface area (Å²) in [4.78, 5) is 41.7. The number of hydrogen-bond acceptors (Lipinski definition) is 10. The van der Waals surface area contributed by atoms with Crippen molar-refractivity contribution < 1.29 is 43.5 Å². The summed E-state index contributed by atoms with van der Waals surface area (Å²) < 4.78 is 24.7. The van der Waals surface area contributed by atoms with Crippen LogP contribution in [0.4, 0.5) is 0 Å². The van der Waals surface area contributed by atoms with E-state index in [9.17, 15) is 24.6 Å². The van der Waals surface area contributed by atoms with Crippen molar-refractivity contribution in [3.8, 4) is 0 Å². The van der Waals surface area contributed by atoms with Gasteiger partial charge in [-0.2, -0.15) is 0 Å². The second-order valence-electron chi connectivity index (χ2n) is 20.3. The summed E-state index contributed by atoms with van der Waals surface area (Å²) in [6.45, 7) is 14.9. The highest BCUT2D eigenvalue weighted by atomic mass is 16.7. The van der Waals surface area contributed by atoms with Crippen LogP contribution in [0.3, 0.4) is 0 Å². The first-order chi connectivity index (χ1) is 29.9. The van der Waals surface area contributed by atoms with Crippen LogP contribution >= 0.6 is 0 Å². The molecule has 5 aliphatic rings. The van der Waals surface area contributed by atoms with Crippen molar-refractivity contribution in [2.24, 2.45) is 28.6 Å². The number of aliphatic hydroxyl groups excluding tert-OH is 1. The molecule has 0 amide bonds. The highest BCUT2D eigenvalue weighted by Gasteiger charge is 2.82. The van der Waals surface area contributed by atoms with Gasteiger partial charge < -0.3 is 34.1 Å². The molecule has 5 rings (SSSR count). The maximum atomic E-state index is 14.0. The van der Waals surface area contributed by atoms with Gasteiger partial charge in [-0.25, -0.2) is 0 Å². The maximum absolute atomic E-state index is 14.0. The number of nitrogens with zero attached hydrogens (tertiary/aromatic N) is 1. The molecule has 8 unspecified atom stereocenters. The van der Waals surface area contributed by atoms with Crippen LogP contribution in [-0.4, -0.2) is 102 Å². The minimum Gasteiger partial charge on any atom is -0.458 e. The summed E-state index contributed by atoms with van der Waals surface area (Å²) in [5.41, 5.74) is -1.92. The van der Waals surface area contributed by atoms with E-state index in [0.29, 0.717) is 19.3 Å². The van der Waals surface area contributed by atoms with Gasteiger partial charge in [0.1, 0.15) is 11.2 Å². The summed E-state index contributed by atoms with van der Waals surface area (Å²) in [5, 5.41) is 21.8. The molecule has 10 nitrogen and oxygen atoms in total. The first-order valence-corrected chi connectivity index (χ1v) is 25.5. The number of aliphatic hydroxyl groups is 2. The summed E-state index contributed by atoms with van der Waals surface area (Å²) in [6.07, 6.45) is 29.5. The van der Waals surface area contributed by atoms with Crippen LogP contribution < -0.4 is 0 Å². The largest absolute Gasteiger partial charge is 0.458 e. The Morgan fingerprint density at radius 3 is 2.11 bits per heavy atom. The number of allylic oxidation sites excluding steroid dienone is 2. The Kier molecular flexibility index (Phi) is 20.2. The normalized spacial score (nSPS) is 30.9. The lowest BCUT2D eigenvalue weighted by Crippen LogP contribution is -2.62. The molecule has 2 N–H and O–H groups in total. The van der Waals surface area contributed by atoms with Crippen molar-refractivity contribution in [1.29, 1.82) is 0 Å². The molecule has 1 aliphatic heterocycles. The second-order valence-corrected chi connectivity index (χ2v) is 20.3. The van der Waals surface area contributed by atoms with Crippen molar-refractivity contribution in [3.05, 3.63) is 23.8 Å². The summed E-state index contributed by atoms with van der Waals surface area (Å²) in [7, 11) is 0. The van der Waals surface area contributed by atoms with Gasteiger partial charge >= 0.3 is 5.97 Å².